The van der Waals surface area contributed by atoms with E-state index in [0.717, 1.165) is 18.3 Å². The van der Waals surface area contributed by atoms with E-state index < -0.39 is 0 Å². The smallest absolute Gasteiger partial charge is 0.131 e. The number of nitrogens with one attached hydrogen (secondary N) is 1. The third kappa shape index (κ3) is 2.99. The summed E-state index contributed by atoms with van der Waals surface area (Å²) in [6.45, 7) is 5.28. The average molecular weight is 304 g/mol. The third-order valence-corrected chi connectivity index (χ3v) is 5.37. The number of nitrogens with zero attached hydrogens (tertiary/aromatic N) is 3. The molecule has 114 valence electrons. The summed E-state index contributed by atoms with van der Waals surface area (Å²) < 4.78 is 2.02. The van der Waals surface area contributed by atoms with Crippen LogP contribution in [0, 0.1) is 6.92 Å². The van der Waals surface area contributed by atoms with Gasteiger partial charge in [-0.1, -0.05) is 6.07 Å². The van der Waals surface area contributed by atoms with Crippen molar-refractivity contribution >= 4 is 17.2 Å². The molecule has 0 saturated heterocycles. The maximum Gasteiger partial charge on any atom is 0.131 e. The fraction of sp³-hybridized carbons (Fsp3) is 0.562. The topological polar surface area (TPSA) is 33.1 Å². The molecular weight excluding hydrogens is 280 g/mol. The molecule has 0 amide bonds. The molecule has 2 aromatic heterocycles. The number of rotatable bonds is 6. The van der Waals surface area contributed by atoms with Crippen LogP contribution < -0.4 is 10.2 Å². The predicted octanol–water partition coefficient (Wildman–Crippen LogP) is 3.24. The van der Waals surface area contributed by atoms with Crippen LogP contribution in [0.15, 0.2) is 17.5 Å². The van der Waals surface area contributed by atoms with Crippen molar-refractivity contribution in [3.63, 3.8) is 0 Å². The second kappa shape index (κ2) is 5.81. The van der Waals surface area contributed by atoms with Gasteiger partial charge in [-0.15, -0.1) is 11.3 Å². The van der Waals surface area contributed by atoms with E-state index in [0.29, 0.717) is 6.04 Å². The molecule has 0 aromatic carbocycles. The van der Waals surface area contributed by atoms with E-state index in [-0.39, 0.29) is 0 Å². The van der Waals surface area contributed by atoms with E-state index in [1.807, 2.05) is 23.1 Å². The third-order valence-electron chi connectivity index (χ3n) is 4.33. The van der Waals surface area contributed by atoms with Gasteiger partial charge in [0.1, 0.15) is 5.82 Å². The zero-order valence-corrected chi connectivity index (χ0v) is 14.1. The lowest BCUT2D eigenvalue weighted by atomic mass is 10.2. The number of hydrogen-bond acceptors (Lipinski definition) is 4. The highest BCUT2D eigenvalue weighted by Gasteiger charge is 2.25. The van der Waals surface area contributed by atoms with E-state index in [4.69, 9.17) is 0 Å². The summed E-state index contributed by atoms with van der Waals surface area (Å²) in [5, 5.41) is 10.4. The van der Waals surface area contributed by atoms with Gasteiger partial charge in [0, 0.05) is 37.1 Å². The minimum absolute atomic E-state index is 0.361. The lowest BCUT2D eigenvalue weighted by Crippen LogP contribution is -2.26. The Morgan fingerprint density at radius 1 is 1.52 bits per heavy atom. The van der Waals surface area contributed by atoms with Gasteiger partial charge in [0.2, 0.25) is 0 Å². The molecule has 1 fully saturated rings. The van der Waals surface area contributed by atoms with Gasteiger partial charge in [0.05, 0.1) is 11.7 Å². The van der Waals surface area contributed by atoms with Gasteiger partial charge >= 0.3 is 0 Å². The molecule has 3 rings (SSSR count). The molecule has 0 aliphatic heterocycles. The van der Waals surface area contributed by atoms with Gasteiger partial charge in [-0.3, -0.25) is 4.68 Å². The standard InChI is InChI=1S/C16H24N4S/c1-11-14(10-17-13-7-8-13)16(20(4)18-11)19(3)12(2)15-6-5-9-21-15/h5-6,9,12-13,17H,7-8,10H2,1-4H3. The first-order valence-electron chi connectivity index (χ1n) is 7.60. The molecule has 5 heteroatoms. The zero-order valence-electron chi connectivity index (χ0n) is 13.3. The van der Waals surface area contributed by atoms with E-state index in [2.05, 4.69) is 53.7 Å². The summed E-state index contributed by atoms with van der Waals surface area (Å²) >= 11 is 1.81. The molecular formula is C16H24N4S. The highest BCUT2D eigenvalue weighted by atomic mass is 32.1. The monoisotopic (exact) mass is 304 g/mol. The van der Waals surface area contributed by atoms with E-state index in [1.165, 1.54) is 29.1 Å². The molecule has 0 radical (unpaired) electrons. The van der Waals surface area contributed by atoms with Crippen molar-refractivity contribution in [2.45, 2.75) is 45.3 Å². The lowest BCUT2D eigenvalue weighted by Gasteiger charge is -2.27. The van der Waals surface area contributed by atoms with E-state index in [1.54, 1.807) is 0 Å². The van der Waals surface area contributed by atoms with Gasteiger partial charge in [0.15, 0.2) is 0 Å². The average Bonchev–Trinajstić information content (AvgIpc) is 3.03. The Kier molecular flexibility index (Phi) is 4.04. The molecule has 2 heterocycles. The largest absolute Gasteiger partial charge is 0.352 e. The Labute approximate surface area is 130 Å². The summed E-state index contributed by atoms with van der Waals surface area (Å²) in [6.07, 6.45) is 2.63. The quantitative estimate of drug-likeness (QED) is 0.889. The van der Waals surface area contributed by atoms with Gasteiger partial charge in [-0.2, -0.15) is 5.10 Å². The lowest BCUT2D eigenvalue weighted by molar-refractivity contribution is 0.661. The molecule has 1 aliphatic rings. The van der Waals surface area contributed by atoms with Gasteiger partial charge < -0.3 is 10.2 Å². The van der Waals surface area contributed by atoms with Crippen molar-refractivity contribution in [2.75, 3.05) is 11.9 Å². The maximum absolute atomic E-state index is 4.63. The molecule has 1 atom stereocenters. The van der Waals surface area contributed by atoms with Gasteiger partial charge in [0.25, 0.3) is 0 Å². The summed E-state index contributed by atoms with van der Waals surface area (Å²) in [5.74, 6) is 1.22. The van der Waals surface area contributed by atoms with Crippen LogP contribution in [0.5, 0.6) is 0 Å². The molecule has 1 aliphatic carbocycles. The highest BCUT2D eigenvalue weighted by Crippen LogP contribution is 2.32. The first kappa shape index (κ1) is 14.6. The van der Waals surface area contributed by atoms with Crippen LogP contribution in [0.3, 0.4) is 0 Å². The Hall–Kier alpha value is -1.33. The Morgan fingerprint density at radius 2 is 2.29 bits per heavy atom. The van der Waals surface area contributed by atoms with Crippen molar-refractivity contribution in [3.05, 3.63) is 33.6 Å². The van der Waals surface area contributed by atoms with Crippen LogP contribution in [0.1, 0.15) is 41.9 Å². The summed E-state index contributed by atoms with van der Waals surface area (Å²) in [5.41, 5.74) is 2.46. The first-order valence-corrected chi connectivity index (χ1v) is 8.48. The molecule has 1 unspecified atom stereocenters. The maximum atomic E-state index is 4.63. The first-order chi connectivity index (χ1) is 10.1. The van der Waals surface area contributed by atoms with Crippen LogP contribution in [-0.4, -0.2) is 22.9 Å². The minimum Gasteiger partial charge on any atom is -0.352 e. The number of hydrogen-bond donors (Lipinski definition) is 1. The fourth-order valence-electron chi connectivity index (χ4n) is 2.78. The van der Waals surface area contributed by atoms with Crippen molar-refractivity contribution in [2.24, 2.45) is 7.05 Å². The van der Waals surface area contributed by atoms with Crippen molar-refractivity contribution < 1.29 is 0 Å². The van der Waals surface area contributed by atoms with Crippen LogP contribution in [-0.2, 0) is 13.6 Å². The summed E-state index contributed by atoms with van der Waals surface area (Å²) in [4.78, 5) is 3.73. The van der Waals surface area contributed by atoms with Crippen LogP contribution in [0.25, 0.3) is 0 Å². The van der Waals surface area contributed by atoms with Gasteiger partial charge in [-0.05, 0) is 38.1 Å². The number of thiophene rings is 1. The molecule has 21 heavy (non-hydrogen) atoms. The number of anilines is 1. The van der Waals surface area contributed by atoms with Crippen LogP contribution >= 0.6 is 11.3 Å². The Morgan fingerprint density at radius 3 is 2.90 bits per heavy atom. The van der Waals surface area contributed by atoms with Crippen molar-refractivity contribution in [1.29, 1.82) is 0 Å². The molecule has 1 saturated carbocycles. The molecule has 2 aromatic rings. The predicted molar refractivity (Wildman–Crippen MR) is 88.9 cm³/mol. The summed E-state index contributed by atoms with van der Waals surface area (Å²) in [7, 11) is 4.21. The van der Waals surface area contributed by atoms with Crippen LogP contribution in [0.4, 0.5) is 5.82 Å². The Balaban J connectivity index is 1.85. The number of aromatic nitrogens is 2. The van der Waals surface area contributed by atoms with Crippen molar-refractivity contribution in [1.82, 2.24) is 15.1 Å². The summed E-state index contributed by atoms with van der Waals surface area (Å²) in [6, 6.07) is 5.41. The normalized spacial score (nSPS) is 16.2. The van der Waals surface area contributed by atoms with Gasteiger partial charge in [-0.25, -0.2) is 0 Å². The molecule has 4 nitrogen and oxygen atoms in total. The molecule has 0 spiro atoms. The Bertz CT molecular complexity index is 598. The highest BCUT2D eigenvalue weighted by molar-refractivity contribution is 7.10. The fourth-order valence-corrected chi connectivity index (χ4v) is 3.60. The molecule has 0 bridgehead atoms. The zero-order chi connectivity index (χ0) is 15.0. The van der Waals surface area contributed by atoms with E-state index >= 15 is 0 Å². The SMILES string of the molecule is Cc1nn(C)c(N(C)C(C)c2cccs2)c1CNC1CC1. The van der Waals surface area contributed by atoms with Crippen molar-refractivity contribution in [3.8, 4) is 0 Å². The second-order valence-corrected chi connectivity index (χ2v) is 6.95. The number of aryl methyl sites for hydroxylation is 2. The minimum atomic E-state index is 0.361. The van der Waals surface area contributed by atoms with E-state index in [9.17, 15) is 0 Å². The van der Waals surface area contributed by atoms with Crippen LogP contribution in [0.2, 0.25) is 0 Å². The molecule has 1 N–H and O–H groups in total. The second-order valence-electron chi connectivity index (χ2n) is 5.97.